The van der Waals surface area contributed by atoms with Gasteiger partial charge in [0.1, 0.15) is 0 Å². The Morgan fingerprint density at radius 2 is 2.08 bits per heavy atom. The summed E-state index contributed by atoms with van der Waals surface area (Å²) in [6, 6.07) is 0.229. The summed E-state index contributed by atoms with van der Waals surface area (Å²) in [6.07, 6.45) is 7.47. The number of guanidine groups is 1. The Labute approximate surface area is 74.1 Å². The van der Waals surface area contributed by atoms with Gasteiger partial charge in [-0.2, -0.15) is 0 Å². The van der Waals surface area contributed by atoms with E-state index in [9.17, 15) is 0 Å². The van der Waals surface area contributed by atoms with Crippen LogP contribution in [0, 0.1) is 0 Å². The summed E-state index contributed by atoms with van der Waals surface area (Å²) in [5.41, 5.74) is 5.52. The molecule has 0 atom stereocenters. The van der Waals surface area contributed by atoms with Gasteiger partial charge in [-0.05, 0) is 26.8 Å². The van der Waals surface area contributed by atoms with Gasteiger partial charge in [0.25, 0.3) is 0 Å². The van der Waals surface area contributed by atoms with Crippen LogP contribution in [0.15, 0.2) is 29.4 Å². The van der Waals surface area contributed by atoms with Crippen LogP contribution in [0.25, 0.3) is 0 Å². The van der Waals surface area contributed by atoms with Crippen molar-refractivity contribution < 1.29 is 0 Å². The normalized spacial score (nSPS) is 13.5. The highest BCUT2D eigenvalue weighted by Crippen LogP contribution is 1.83. The van der Waals surface area contributed by atoms with Crippen LogP contribution >= 0.6 is 0 Å². The van der Waals surface area contributed by atoms with Crippen LogP contribution in [0.1, 0.15) is 20.8 Å². The first-order chi connectivity index (χ1) is 5.66. The molecule has 0 rings (SSSR count). The standard InChI is InChI=1S/C9H17N3/c1-4-5-6-7-11-9(10)12-8(2)3/h4-8H,1-3H3,(H3,10,11,12)/b5-4-,7-6-. The van der Waals surface area contributed by atoms with E-state index in [1.54, 1.807) is 6.20 Å². The summed E-state index contributed by atoms with van der Waals surface area (Å²) >= 11 is 0. The first kappa shape index (κ1) is 10.8. The van der Waals surface area contributed by atoms with Crippen molar-refractivity contribution in [3.63, 3.8) is 0 Å². The van der Waals surface area contributed by atoms with E-state index in [1.165, 1.54) is 0 Å². The SMILES string of the molecule is C/C=C\C=C/NC(N)=NC(C)C. The fourth-order valence-corrected chi connectivity index (χ4v) is 0.616. The average molecular weight is 167 g/mol. The lowest BCUT2D eigenvalue weighted by Crippen LogP contribution is -2.28. The highest BCUT2D eigenvalue weighted by Gasteiger charge is 1.88. The van der Waals surface area contributed by atoms with Crippen molar-refractivity contribution in [1.29, 1.82) is 0 Å². The van der Waals surface area contributed by atoms with Gasteiger partial charge < -0.3 is 11.1 Å². The van der Waals surface area contributed by atoms with Gasteiger partial charge in [-0.15, -0.1) is 0 Å². The second-order valence-corrected chi connectivity index (χ2v) is 2.64. The lowest BCUT2D eigenvalue weighted by Gasteiger charge is -2.00. The van der Waals surface area contributed by atoms with Gasteiger partial charge >= 0.3 is 0 Å². The highest BCUT2D eigenvalue weighted by atomic mass is 15.1. The molecular formula is C9H17N3. The van der Waals surface area contributed by atoms with Crippen molar-refractivity contribution in [3.05, 3.63) is 24.4 Å². The van der Waals surface area contributed by atoms with E-state index in [0.717, 1.165) is 0 Å². The van der Waals surface area contributed by atoms with E-state index in [4.69, 9.17) is 5.73 Å². The highest BCUT2D eigenvalue weighted by molar-refractivity contribution is 5.78. The van der Waals surface area contributed by atoms with Crippen LogP contribution < -0.4 is 11.1 Å². The molecule has 0 heterocycles. The van der Waals surface area contributed by atoms with Gasteiger partial charge in [0, 0.05) is 12.2 Å². The van der Waals surface area contributed by atoms with Gasteiger partial charge in [-0.1, -0.05) is 12.2 Å². The number of nitrogens with zero attached hydrogens (tertiary/aromatic N) is 1. The number of nitrogens with two attached hydrogens (primary N) is 1. The van der Waals surface area contributed by atoms with E-state index in [2.05, 4.69) is 10.3 Å². The fraction of sp³-hybridized carbons (Fsp3) is 0.444. The Morgan fingerprint density at radius 3 is 2.58 bits per heavy atom. The third-order valence-electron chi connectivity index (χ3n) is 1.03. The Hall–Kier alpha value is -1.25. The van der Waals surface area contributed by atoms with Gasteiger partial charge in [-0.25, -0.2) is 0 Å². The molecule has 3 heteroatoms. The number of hydrogen-bond donors (Lipinski definition) is 2. The minimum atomic E-state index is 0.229. The van der Waals surface area contributed by atoms with Crippen LogP contribution in [0.2, 0.25) is 0 Å². The summed E-state index contributed by atoms with van der Waals surface area (Å²) in [4.78, 5) is 4.08. The van der Waals surface area contributed by atoms with Crippen molar-refractivity contribution in [2.45, 2.75) is 26.8 Å². The zero-order valence-corrected chi connectivity index (χ0v) is 7.91. The molecule has 0 saturated carbocycles. The van der Waals surface area contributed by atoms with Crippen LogP contribution in [0.3, 0.4) is 0 Å². The summed E-state index contributed by atoms with van der Waals surface area (Å²) < 4.78 is 0. The predicted molar refractivity (Wildman–Crippen MR) is 53.8 cm³/mol. The molecule has 0 aliphatic rings. The van der Waals surface area contributed by atoms with Gasteiger partial charge in [0.2, 0.25) is 0 Å². The first-order valence-corrected chi connectivity index (χ1v) is 4.04. The Kier molecular flexibility index (Phi) is 5.79. The minimum Gasteiger partial charge on any atom is -0.370 e. The third kappa shape index (κ3) is 6.86. The van der Waals surface area contributed by atoms with Crippen molar-refractivity contribution in [3.8, 4) is 0 Å². The maximum absolute atomic E-state index is 5.52. The molecule has 12 heavy (non-hydrogen) atoms. The molecule has 0 aromatic rings. The quantitative estimate of drug-likeness (QED) is 0.379. The largest absolute Gasteiger partial charge is 0.370 e. The fourth-order valence-electron chi connectivity index (χ4n) is 0.616. The molecule has 0 radical (unpaired) electrons. The van der Waals surface area contributed by atoms with Crippen molar-refractivity contribution >= 4 is 5.96 Å². The molecule has 0 amide bonds. The summed E-state index contributed by atoms with van der Waals surface area (Å²) in [6.45, 7) is 5.91. The molecule has 0 saturated heterocycles. The van der Waals surface area contributed by atoms with Gasteiger partial charge in [0.05, 0.1) is 0 Å². The molecule has 0 aliphatic heterocycles. The Balaban J connectivity index is 3.77. The zero-order chi connectivity index (χ0) is 9.40. The van der Waals surface area contributed by atoms with Crippen molar-refractivity contribution in [1.82, 2.24) is 5.32 Å². The molecule has 3 nitrogen and oxygen atoms in total. The van der Waals surface area contributed by atoms with E-state index in [-0.39, 0.29) is 6.04 Å². The van der Waals surface area contributed by atoms with Crippen LogP contribution in [-0.4, -0.2) is 12.0 Å². The first-order valence-electron chi connectivity index (χ1n) is 4.04. The molecule has 0 aromatic carbocycles. The van der Waals surface area contributed by atoms with Crippen LogP contribution in [0.4, 0.5) is 0 Å². The predicted octanol–water partition coefficient (Wildman–Crippen LogP) is 1.39. The van der Waals surface area contributed by atoms with Gasteiger partial charge in [-0.3, -0.25) is 4.99 Å². The summed E-state index contributed by atoms with van der Waals surface area (Å²) in [5, 5.41) is 2.84. The number of aliphatic imine (C=N–C) groups is 1. The number of hydrogen-bond acceptors (Lipinski definition) is 1. The van der Waals surface area contributed by atoms with E-state index in [0.29, 0.717) is 5.96 Å². The van der Waals surface area contributed by atoms with E-state index >= 15 is 0 Å². The summed E-state index contributed by atoms with van der Waals surface area (Å²) in [7, 11) is 0. The molecule has 68 valence electrons. The number of rotatable bonds is 3. The van der Waals surface area contributed by atoms with Crippen LogP contribution in [0.5, 0.6) is 0 Å². The molecule has 0 aromatic heterocycles. The lowest BCUT2D eigenvalue weighted by atomic mass is 10.4. The van der Waals surface area contributed by atoms with Crippen LogP contribution in [-0.2, 0) is 0 Å². The maximum atomic E-state index is 5.52. The van der Waals surface area contributed by atoms with Gasteiger partial charge in [0.15, 0.2) is 5.96 Å². The third-order valence-corrected chi connectivity index (χ3v) is 1.03. The molecule has 0 unspecified atom stereocenters. The molecule has 3 N–H and O–H groups in total. The van der Waals surface area contributed by atoms with Crippen molar-refractivity contribution in [2.24, 2.45) is 10.7 Å². The lowest BCUT2D eigenvalue weighted by molar-refractivity contribution is 0.825. The Morgan fingerprint density at radius 1 is 1.42 bits per heavy atom. The molecular weight excluding hydrogens is 150 g/mol. The second kappa shape index (κ2) is 6.46. The number of nitrogens with one attached hydrogen (secondary N) is 1. The smallest absolute Gasteiger partial charge is 0.192 e. The second-order valence-electron chi connectivity index (χ2n) is 2.64. The molecule has 0 aliphatic carbocycles. The summed E-state index contributed by atoms with van der Waals surface area (Å²) in [5.74, 6) is 0.450. The molecule has 0 bridgehead atoms. The average Bonchev–Trinajstić information content (AvgIpc) is 1.97. The number of allylic oxidation sites excluding steroid dienone is 3. The van der Waals surface area contributed by atoms with E-state index < -0.39 is 0 Å². The van der Waals surface area contributed by atoms with Crippen molar-refractivity contribution in [2.75, 3.05) is 0 Å². The molecule has 0 fully saturated rings. The minimum absolute atomic E-state index is 0.229. The topological polar surface area (TPSA) is 50.4 Å². The van der Waals surface area contributed by atoms with E-state index in [1.807, 2.05) is 39.0 Å². The molecule has 0 spiro atoms. The zero-order valence-electron chi connectivity index (χ0n) is 7.91. The monoisotopic (exact) mass is 167 g/mol. The Bertz CT molecular complexity index is 190. The maximum Gasteiger partial charge on any atom is 0.192 e.